The quantitative estimate of drug-likeness (QED) is 0.234. The van der Waals surface area contributed by atoms with Gasteiger partial charge in [-0.2, -0.15) is 18.2 Å². The van der Waals surface area contributed by atoms with Crippen molar-refractivity contribution in [1.82, 2.24) is 15.0 Å². The number of rotatable bonds is 6. The van der Waals surface area contributed by atoms with Crippen LogP contribution in [0.1, 0.15) is 35.9 Å². The van der Waals surface area contributed by atoms with Crippen molar-refractivity contribution in [3.8, 4) is 17.1 Å². The molecule has 1 atom stereocenters. The van der Waals surface area contributed by atoms with Crippen LogP contribution >= 0.6 is 12.4 Å². The van der Waals surface area contributed by atoms with E-state index >= 15 is 0 Å². The van der Waals surface area contributed by atoms with Gasteiger partial charge in [-0.1, -0.05) is 41.6 Å². The van der Waals surface area contributed by atoms with E-state index in [4.69, 9.17) is 20.4 Å². The van der Waals surface area contributed by atoms with Crippen molar-refractivity contribution in [3.05, 3.63) is 77.7 Å². The first-order chi connectivity index (χ1) is 17.3. The molecule has 1 aliphatic heterocycles. The van der Waals surface area contributed by atoms with Crippen molar-refractivity contribution in [2.45, 2.75) is 31.5 Å². The number of aromatic nitrogens is 2. The van der Waals surface area contributed by atoms with Gasteiger partial charge in [-0.15, -0.1) is 12.4 Å². The molecule has 0 saturated carbocycles. The van der Waals surface area contributed by atoms with Crippen LogP contribution in [0.25, 0.3) is 22.2 Å². The third kappa shape index (κ3) is 5.80. The van der Waals surface area contributed by atoms with E-state index in [-0.39, 0.29) is 31.0 Å². The Hall–Kier alpha value is -3.79. The van der Waals surface area contributed by atoms with Crippen molar-refractivity contribution in [1.29, 1.82) is 5.41 Å². The largest absolute Gasteiger partial charge is 0.493 e. The molecule has 1 unspecified atom stereocenters. The van der Waals surface area contributed by atoms with Crippen molar-refractivity contribution in [2.24, 2.45) is 5.73 Å². The van der Waals surface area contributed by atoms with Crippen molar-refractivity contribution in [2.75, 3.05) is 13.2 Å². The summed E-state index contributed by atoms with van der Waals surface area (Å²) in [6.07, 6.45) is -2.29. The lowest BCUT2D eigenvalue weighted by molar-refractivity contribution is -0.137. The fourth-order valence-electron chi connectivity index (χ4n) is 4.44. The summed E-state index contributed by atoms with van der Waals surface area (Å²) in [4.78, 5) is 6.30. The molecule has 3 aromatic carbocycles. The molecule has 37 heavy (non-hydrogen) atoms. The lowest BCUT2D eigenvalue weighted by Gasteiger charge is -2.21. The van der Waals surface area contributed by atoms with Gasteiger partial charge in [0.25, 0.3) is 0 Å². The Morgan fingerprint density at radius 1 is 1.11 bits per heavy atom. The molecule has 0 radical (unpaired) electrons. The van der Waals surface area contributed by atoms with E-state index in [0.29, 0.717) is 36.0 Å². The number of alkyl halides is 3. The van der Waals surface area contributed by atoms with Crippen molar-refractivity contribution >= 4 is 29.1 Å². The molecule has 3 N–H and O–H groups in total. The van der Waals surface area contributed by atoms with E-state index < -0.39 is 11.7 Å². The van der Waals surface area contributed by atoms with Gasteiger partial charge in [0.2, 0.25) is 11.7 Å². The van der Waals surface area contributed by atoms with Crippen LogP contribution in [-0.2, 0) is 12.6 Å². The number of nitrogens with one attached hydrogen (secondary N) is 1. The third-order valence-corrected chi connectivity index (χ3v) is 6.27. The first-order valence-corrected chi connectivity index (χ1v) is 11.6. The Labute approximate surface area is 217 Å². The number of nitrogens with zero attached hydrogens (tertiary/aromatic N) is 3. The summed E-state index contributed by atoms with van der Waals surface area (Å²) >= 11 is 0. The highest BCUT2D eigenvalue weighted by atomic mass is 35.5. The monoisotopic (exact) mass is 531 g/mol. The number of likely N-dealkylation sites (tertiary alicyclic amines) is 1. The molecule has 4 aromatic rings. The van der Waals surface area contributed by atoms with Gasteiger partial charge in [0.05, 0.1) is 12.2 Å². The van der Waals surface area contributed by atoms with Crippen molar-refractivity contribution in [3.63, 3.8) is 0 Å². The minimum atomic E-state index is -4.36. The van der Waals surface area contributed by atoms with Gasteiger partial charge >= 0.3 is 6.18 Å². The Morgan fingerprint density at radius 3 is 2.68 bits per heavy atom. The topological polar surface area (TPSA) is 101 Å². The SMILES string of the molecule is Cl.N=C(N)N1CCCC1c1nc(-c2ccc3cc(OCCc4cccc(C(F)(F)F)c4)ccc3c2)no1. The van der Waals surface area contributed by atoms with E-state index in [1.54, 1.807) is 11.0 Å². The molecule has 1 fully saturated rings. The van der Waals surface area contributed by atoms with Gasteiger partial charge in [0.15, 0.2) is 5.96 Å². The highest BCUT2D eigenvalue weighted by Crippen LogP contribution is 2.33. The number of fused-ring (bicyclic) bond motifs is 1. The molecule has 5 rings (SSSR count). The Kier molecular flexibility index (Phi) is 7.58. The number of halogens is 4. The zero-order chi connectivity index (χ0) is 25.3. The van der Waals surface area contributed by atoms with E-state index in [2.05, 4.69) is 10.1 Å². The fraction of sp³-hybridized carbons (Fsp3) is 0.269. The standard InChI is InChI=1S/C26H24F3N5O2.ClH/c27-26(28,29)20-4-1-3-16(13-20)10-12-35-21-9-8-17-14-19(7-6-18(17)15-21)23-32-24(36-33-23)22-5-2-11-34(22)25(30)31;/h1,3-4,6-9,13-15,22H,2,5,10-12H2,(H3,30,31);1H. The molecule has 2 heterocycles. The first-order valence-electron chi connectivity index (χ1n) is 11.6. The summed E-state index contributed by atoms with van der Waals surface area (Å²) in [5.74, 6) is 1.54. The van der Waals surface area contributed by atoms with Crippen LogP contribution in [0.3, 0.4) is 0 Å². The number of hydrogen-bond acceptors (Lipinski definition) is 5. The van der Waals surface area contributed by atoms with Crippen molar-refractivity contribution < 1.29 is 22.4 Å². The number of nitrogens with two attached hydrogens (primary N) is 1. The Balaban J connectivity index is 0.00000320. The average molecular weight is 532 g/mol. The van der Waals surface area contributed by atoms with E-state index in [9.17, 15) is 13.2 Å². The Bertz CT molecular complexity index is 1410. The lowest BCUT2D eigenvalue weighted by atomic mass is 10.1. The molecule has 0 aliphatic carbocycles. The highest BCUT2D eigenvalue weighted by Gasteiger charge is 2.32. The summed E-state index contributed by atoms with van der Waals surface area (Å²) in [6, 6.07) is 16.5. The van der Waals surface area contributed by atoms with Crippen LogP contribution in [0.5, 0.6) is 5.75 Å². The molecular formula is C26H25ClF3N5O2. The van der Waals surface area contributed by atoms with Gasteiger partial charge in [-0.3, -0.25) is 5.41 Å². The lowest BCUT2D eigenvalue weighted by Crippen LogP contribution is -2.35. The summed E-state index contributed by atoms with van der Waals surface area (Å²) in [5.41, 5.74) is 6.37. The molecule has 1 aromatic heterocycles. The molecule has 0 bridgehead atoms. The van der Waals surface area contributed by atoms with Crippen LogP contribution in [-0.4, -0.2) is 34.2 Å². The molecule has 1 saturated heterocycles. The second-order valence-electron chi connectivity index (χ2n) is 8.71. The van der Waals surface area contributed by atoms with Crippen LogP contribution < -0.4 is 10.5 Å². The molecule has 0 amide bonds. The third-order valence-electron chi connectivity index (χ3n) is 6.27. The highest BCUT2D eigenvalue weighted by molar-refractivity contribution is 5.87. The fourth-order valence-corrected chi connectivity index (χ4v) is 4.44. The number of ether oxygens (including phenoxy) is 1. The van der Waals surface area contributed by atoms with Gasteiger partial charge in [0, 0.05) is 18.5 Å². The molecular weight excluding hydrogens is 507 g/mol. The molecule has 11 heteroatoms. The summed E-state index contributed by atoms with van der Waals surface area (Å²) in [6.45, 7) is 0.951. The summed E-state index contributed by atoms with van der Waals surface area (Å²) in [7, 11) is 0. The van der Waals surface area contributed by atoms with E-state index in [0.717, 1.165) is 41.3 Å². The number of hydrogen-bond donors (Lipinski definition) is 2. The van der Waals surface area contributed by atoms with Crippen LogP contribution in [0.2, 0.25) is 0 Å². The Morgan fingerprint density at radius 2 is 1.89 bits per heavy atom. The normalized spacial score (nSPS) is 15.5. The maximum absolute atomic E-state index is 12.9. The van der Waals surface area contributed by atoms with Gasteiger partial charge in [0.1, 0.15) is 11.8 Å². The second kappa shape index (κ2) is 10.7. The number of guanidine groups is 1. The van der Waals surface area contributed by atoms with Gasteiger partial charge < -0.3 is 19.9 Å². The minimum absolute atomic E-state index is 0. The predicted molar refractivity (Wildman–Crippen MR) is 136 cm³/mol. The smallest absolute Gasteiger partial charge is 0.416 e. The van der Waals surface area contributed by atoms with Crippen LogP contribution in [0.15, 0.2) is 65.2 Å². The molecule has 0 spiro atoms. The molecule has 7 nitrogen and oxygen atoms in total. The molecule has 194 valence electrons. The zero-order valence-corrected chi connectivity index (χ0v) is 20.5. The maximum atomic E-state index is 12.9. The van der Waals surface area contributed by atoms with E-state index in [1.807, 2.05) is 36.4 Å². The predicted octanol–water partition coefficient (Wildman–Crippen LogP) is 5.98. The first kappa shape index (κ1) is 26.3. The van der Waals surface area contributed by atoms with Crippen LogP contribution in [0.4, 0.5) is 13.2 Å². The average Bonchev–Trinajstić information content (AvgIpc) is 3.53. The van der Waals surface area contributed by atoms with Crippen LogP contribution in [0, 0.1) is 5.41 Å². The molecule has 1 aliphatic rings. The van der Waals surface area contributed by atoms with Gasteiger partial charge in [-0.25, -0.2) is 0 Å². The van der Waals surface area contributed by atoms with E-state index in [1.165, 1.54) is 6.07 Å². The summed E-state index contributed by atoms with van der Waals surface area (Å²) < 4.78 is 50.0. The summed E-state index contributed by atoms with van der Waals surface area (Å²) in [5, 5.41) is 13.7. The second-order valence-corrected chi connectivity index (χ2v) is 8.71. The van der Waals surface area contributed by atoms with Gasteiger partial charge in [-0.05, 0) is 53.4 Å². The maximum Gasteiger partial charge on any atom is 0.416 e. The number of benzene rings is 3. The zero-order valence-electron chi connectivity index (χ0n) is 19.7. The minimum Gasteiger partial charge on any atom is -0.493 e.